The quantitative estimate of drug-likeness (QED) is 0.702. The van der Waals surface area contributed by atoms with Gasteiger partial charge in [-0.25, -0.2) is 0 Å². The van der Waals surface area contributed by atoms with Crippen LogP contribution in [0.4, 0.5) is 0 Å². The Morgan fingerprint density at radius 3 is 2.62 bits per heavy atom. The van der Waals surface area contributed by atoms with E-state index < -0.39 is 5.54 Å². The number of amides is 1. The Hall–Kier alpha value is -0.220. The molecular weight excluding hydrogens is 184 g/mol. The minimum atomic E-state index is -0.724. The first-order valence-electron chi connectivity index (χ1n) is 4.54. The van der Waals surface area contributed by atoms with Gasteiger partial charge in [-0.15, -0.1) is 0 Å². The number of carbonyl (C=O) groups excluding carboxylic acids is 1. The summed E-state index contributed by atoms with van der Waals surface area (Å²) < 4.78 is 0. The van der Waals surface area contributed by atoms with E-state index >= 15 is 0 Å². The molecule has 0 aromatic heterocycles. The maximum absolute atomic E-state index is 11.5. The smallest absolute Gasteiger partial charge is 0.239 e. The SMILES string of the molecule is CCC(C)(N)C(=O)NCC(C)SC. The van der Waals surface area contributed by atoms with Gasteiger partial charge in [0.25, 0.3) is 0 Å². The lowest BCUT2D eigenvalue weighted by molar-refractivity contribution is -0.125. The zero-order valence-corrected chi connectivity index (χ0v) is 9.70. The van der Waals surface area contributed by atoms with Crippen LogP contribution in [-0.4, -0.2) is 29.5 Å². The maximum atomic E-state index is 11.5. The average Bonchev–Trinajstić information content (AvgIpc) is 2.13. The molecule has 2 unspecified atom stereocenters. The van der Waals surface area contributed by atoms with Gasteiger partial charge in [-0.05, 0) is 19.6 Å². The highest BCUT2D eigenvalue weighted by Gasteiger charge is 2.25. The van der Waals surface area contributed by atoms with Crippen LogP contribution in [0.15, 0.2) is 0 Å². The Bertz CT molecular complexity index is 171. The van der Waals surface area contributed by atoms with E-state index in [0.29, 0.717) is 18.2 Å². The lowest BCUT2D eigenvalue weighted by Crippen LogP contribution is -2.52. The molecule has 0 fully saturated rings. The first-order chi connectivity index (χ1) is 5.94. The summed E-state index contributed by atoms with van der Waals surface area (Å²) in [4.78, 5) is 11.5. The van der Waals surface area contributed by atoms with Crippen molar-refractivity contribution in [2.45, 2.75) is 38.0 Å². The summed E-state index contributed by atoms with van der Waals surface area (Å²) in [5, 5.41) is 3.28. The normalized spacial score (nSPS) is 17.6. The molecule has 1 amide bonds. The topological polar surface area (TPSA) is 55.1 Å². The van der Waals surface area contributed by atoms with Gasteiger partial charge >= 0.3 is 0 Å². The van der Waals surface area contributed by atoms with Crippen molar-refractivity contribution in [3.8, 4) is 0 Å². The summed E-state index contributed by atoms with van der Waals surface area (Å²) in [6.07, 6.45) is 2.69. The predicted octanol–water partition coefficient (Wildman–Crippen LogP) is 0.982. The minimum absolute atomic E-state index is 0.0594. The molecule has 0 rings (SSSR count). The number of carbonyl (C=O) groups is 1. The van der Waals surface area contributed by atoms with Crippen LogP contribution in [0.2, 0.25) is 0 Å². The van der Waals surface area contributed by atoms with Gasteiger partial charge in [-0.3, -0.25) is 4.79 Å². The van der Waals surface area contributed by atoms with E-state index in [1.807, 2.05) is 13.2 Å². The molecule has 0 aromatic carbocycles. The van der Waals surface area contributed by atoms with Crippen molar-refractivity contribution in [1.29, 1.82) is 0 Å². The van der Waals surface area contributed by atoms with Crippen LogP contribution >= 0.6 is 11.8 Å². The van der Waals surface area contributed by atoms with Crippen molar-refractivity contribution >= 4 is 17.7 Å². The van der Waals surface area contributed by atoms with Crippen molar-refractivity contribution in [3.05, 3.63) is 0 Å². The highest BCUT2D eigenvalue weighted by atomic mass is 32.2. The second-order valence-corrected chi connectivity index (χ2v) is 4.80. The summed E-state index contributed by atoms with van der Waals surface area (Å²) in [7, 11) is 0. The maximum Gasteiger partial charge on any atom is 0.239 e. The fourth-order valence-corrected chi connectivity index (χ4v) is 0.932. The second kappa shape index (κ2) is 5.50. The second-order valence-electron chi connectivity index (χ2n) is 3.53. The Morgan fingerprint density at radius 1 is 1.69 bits per heavy atom. The van der Waals surface area contributed by atoms with Gasteiger partial charge in [0.05, 0.1) is 5.54 Å². The first-order valence-corrected chi connectivity index (χ1v) is 5.82. The van der Waals surface area contributed by atoms with E-state index in [2.05, 4.69) is 12.2 Å². The number of thioether (sulfide) groups is 1. The van der Waals surface area contributed by atoms with Crippen LogP contribution in [0.1, 0.15) is 27.2 Å². The van der Waals surface area contributed by atoms with Crippen LogP contribution in [0.5, 0.6) is 0 Å². The number of nitrogens with one attached hydrogen (secondary N) is 1. The molecule has 0 radical (unpaired) electrons. The fourth-order valence-electron chi connectivity index (χ4n) is 0.682. The van der Waals surface area contributed by atoms with Crippen molar-refractivity contribution in [2.24, 2.45) is 5.73 Å². The molecule has 0 aliphatic rings. The Labute approximate surface area is 84.8 Å². The van der Waals surface area contributed by atoms with Gasteiger partial charge in [-0.1, -0.05) is 13.8 Å². The zero-order chi connectivity index (χ0) is 10.5. The Kier molecular flexibility index (Phi) is 5.40. The summed E-state index contributed by atoms with van der Waals surface area (Å²) in [6.45, 7) is 6.43. The summed E-state index contributed by atoms with van der Waals surface area (Å²) >= 11 is 1.73. The molecule has 3 N–H and O–H groups in total. The molecule has 0 heterocycles. The average molecular weight is 204 g/mol. The van der Waals surface area contributed by atoms with Crippen LogP contribution in [0.3, 0.4) is 0 Å². The van der Waals surface area contributed by atoms with E-state index in [0.717, 1.165) is 0 Å². The third-order valence-electron chi connectivity index (χ3n) is 2.21. The van der Waals surface area contributed by atoms with Gasteiger partial charge < -0.3 is 11.1 Å². The molecule has 78 valence electrons. The highest BCUT2D eigenvalue weighted by molar-refractivity contribution is 7.99. The molecule has 0 spiro atoms. The number of hydrogen-bond donors (Lipinski definition) is 2. The third kappa shape index (κ3) is 4.52. The number of hydrogen-bond acceptors (Lipinski definition) is 3. The lowest BCUT2D eigenvalue weighted by atomic mass is 10.00. The molecule has 3 nitrogen and oxygen atoms in total. The third-order valence-corrected chi connectivity index (χ3v) is 3.18. The molecule has 0 aliphatic heterocycles. The largest absolute Gasteiger partial charge is 0.353 e. The van der Waals surface area contributed by atoms with Gasteiger partial charge in [-0.2, -0.15) is 11.8 Å². The van der Waals surface area contributed by atoms with Crippen LogP contribution in [-0.2, 0) is 4.79 Å². The molecular formula is C9H20N2OS. The minimum Gasteiger partial charge on any atom is -0.353 e. The number of rotatable bonds is 5. The van der Waals surface area contributed by atoms with E-state index in [1.54, 1.807) is 18.7 Å². The van der Waals surface area contributed by atoms with Crippen LogP contribution < -0.4 is 11.1 Å². The monoisotopic (exact) mass is 204 g/mol. The van der Waals surface area contributed by atoms with Crippen molar-refractivity contribution in [2.75, 3.05) is 12.8 Å². The predicted molar refractivity (Wildman–Crippen MR) is 58.9 cm³/mol. The number of nitrogens with two attached hydrogens (primary N) is 1. The van der Waals surface area contributed by atoms with Crippen LogP contribution in [0, 0.1) is 0 Å². The molecule has 4 heteroatoms. The first kappa shape index (κ1) is 12.8. The van der Waals surface area contributed by atoms with Gasteiger partial charge in [0.15, 0.2) is 0 Å². The lowest BCUT2D eigenvalue weighted by Gasteiger charge is -2.22. The molecule has 0 aromatic rings. The Morgan fingerprint density at radius 2 is 2.23 bits per heavy atom. The molecule has 0 bridgehead atoms. The highest BCUT2D eigenvalue weighted by Crippen LogP contribution is 2.06. The molecule has 0 aliphatic carbocycles. The van der Waals surface area contributed by atoms with E-state index in [1.165, 1.54) is 0 Å². The van der Waals surface area contributed by atoms with Crippen LogP contribution in [0.25, 0.3) is 0 Å². The summed E-state index contributed by atoms with van der Waals surface area (Å²) in [5.41, 5.74) is 5.04. The molecule has 0 saturated carbocycles. The fraction of sp³-hybridized carbons (Fsp3) is 0.889. The van der Waals surface area contributed by atoms with Gasteiger partial charge in [0, 0.05) is 11.8 Å². The summed E-state index contributed by atoms with van der Waals surface area (Å²) in [6, 6.07) is 0. The van der Waals surface area contributed by atoms with E-state index in [9.17, 15) is 4.79 Å². The van der Waals surface area contributed by atoms with E-state index in [4.69, 9.17) is 5.73 Å². The van der Waals surface area contributed by atoms with E-state index in [-0.39, 0.29) is 5.91 Å². The van der Waals surface area contributed by atoms with Crippen molar-refractivity contribution in [1.82, 2.24) is 5.32 Å². The van der Waals surface area contributed by atoms with Crippen molar-refractivity contribution in [3.63, 3.8) is 0 Å². The zero-order valence-electron chi connectivity index (χ0n) is 8.89. The molecule has 2 atom stereocenters. The van der Waals surface area contributed by atoms with Gasteiger partial charge in [0.2, 0.25) is 5.91 Å². The van der Waals surface area contributed by atoms with Gasteiger partial charge in [0.1, 0.15) is 0 Å². The standard InChI is InChI=1S/C9H20N2OS/c1-5-9(3,10)8(12)11-6-7(2)13-4/h7H,5-6,10H2,1-4H3,(H,11,12). The Balaban J connectivity index is 3.88. The van der Waals surface area contributed by atoms with Crippen molar-refractivity contribution < 1.29 is 4.79 Å². The summed E-state index contributed by atoms with van der Waals surface area (Å²) in [5.74, 6) is -0.0594. The molecule has 13 heavy (non-hydrogen) atoms. The molecule has 0 saturated heterocycles.